The zero-order chi connectivity index (χ0) is 23.3. The van der Waals surface area contributed by atoms with Gasteiger partial charge in [-0.15, -0.1) is 0 Å². The van der Waals surface area contributed by atoms with Crippen molar-refractivity contribution in [2.75, 3.05) is 11.9 Å². The van der Waals surface area contributed by atoms with Gasteiger partial charge in [0.2, 0.25) is 0 Å². The van der Waals surface area contributed by atoms with Gasteiger partial charge in [-0.05, 0) is 74.4 Å². The Morgan fingerprint density at radius 1 is 0.938 bits per heavy atom. The van der Waals surface area contributed by atoms with E-state index in [1.54, 1.807) is 12.1 Å². The second kappa shape index (κ2) is 9.77. The minimum Gasteiger partial charge on any atom is -0.493 e. The van der Waals surface area contributed by atoms with Crippen LogP contribution in [-0.4, -0.2) is 12.5 Å². The largest absolute Gasteiger partial charge is 0.493 e. The monoisotopic (exact) mass is 443 g/mol. The molecule has 0 heterocycles. The number of anilines is 1. The lowest BCUT2D eigenvalue weighted by Crippen LogP contribution is -2.17. The number of amides is 1. The molecule has 0 aliphatic carbocycles. The van der Waals surface area contributed by atoms with Crippen LogP contribution >= 0.6 is 0 Å². The number of benzene rings is 3. The molecule has 0 saturated carbocycles. The Morgan fingerprint density at radius 2 is 1.69 bits per heavy atom. The summed E-state index contributed by atoms with van der Waals surface area (Å²) in [6.07, 6.45) is -4.58. The predicted molar refractivity (Wildman–Crippen MR) is 117 cm³/mol. The van der Waals surface area contributed by atoms with Crippen LogP contribution in [0.2, 0.25) is 0 Å². The fraction of sp³-hybridized carbons (Fsp3) is 0.240. The molecule has 1 N–H and O–H groups in total. The topological polar surface area (TPSA) is 47.6 Å². The number of alkyl halides is 3. The zero-order valence-corrected chi connectivity index (χ0v) is 18.0. The van der Waals surface area contributed by atoms with Gasteiger partial charge in [0.1, 0.15) is 18.1 Å². The molecule has 32 heavy (non-hydrogen) atoms. The maximum atomic E-state index is 13.2. The van der Waals surface area contributed by atoms with Crippen molar-refractivity contribution >= 4 is 11.6 Å². The van der Waals surface area contributed by atoms with Gasteiger partial charge >= 0.3 is 6.18 Å². The van der Waals surface area contributed by atoms with E-state index >= 15 is 0 Å². The summed E-state index contributed by atoms with van der Waals surface area (Å²) < 4.78 is 51.2. The number of para-hydroxylation sites is 1. The molecule has 0 unspecified atom stereocenters. The zero-order valence-electron chi connectivity index (χ0n) is 18.0. The van der Waals surface area contributed by atoms with Gasteiger partial charge in [0.25, 0.3) is 5.91 Å². The van der Waals surface area contributed by atoms with E-state index < -0.39 is 17.6 Å². The maximum Gasteiger partial charge on any atom is 0.418 e. The summed E-state index contributed by atoms with van der Waals surface area (Å²) in [5.74, 6) is 0.560. The number of nitrogens with one attached hydrogen (secondary N) is 1. The highest BCUT2D eigenvalue weighted by Crippen LogP contribution is 2.35. The molecule has 3 aromatic carbocycles. The van der Waals surface area contributed by atoms with Gasteiger partial charge in [0.05, 0.1) is 17.9 Å². The van der Waals surface area contributed by atoms with Crippen LogP contribution in [0.25, 0.3) is 0 Å². The van der Waals surface area contributed by atoms with Crippen molar-refractivity contribution in [3.63, 3.8) is 0 Å². The predicted octanol–water partition coefficient (Wildman–Crippen LogP) is 6.55. The molecule has 4 nitrogen and oxygen atoms in total. The average molecular weight is 443 g/mol. The van der Waals surface area contributed by atoms with E-state index in [1.807, 2.05) is 39.0 Å². The number of rotatable bonds is 7. The summed E-state index contributed by atoms with van der Waals surface area (Å²) in [5.41, 5.74) is 1.84. The summed E-state index contributed by atoms with van der Waals surface area (Å²) in [7, 11) is 0. The van der Waals surface area contributed by atoms with E-state index in [0.717, 1.165) is 17.2 Å². The molecule has 1 amide bonds. The summed E-state index contributed by atoms with van der Waals surface area (Å²) >= 11 is 0. The Bertz CT molecular complexity index is 1110. The summed E-state index contributed by atoms with van der Waals surface area (Å²) in [5, 5.41) is 2.36. The van der Waals surface area contributed by atoms with Crippen molar-refractivity contribution < 1.29 is 27.4 Å². The Kier molecular flexibility index (Phi) is 7.08. The lowest BCUT2D eigenvalue weighted by atomic mass is 10.1. The van der Waals surface area contributed by atoms with E-state index in [2.05, 4.69) is 5.32 Å². The number of halogens is 3. The van der Waals surface area contributed by atoms with Crippen LogP contribution in [0, 0.1) is 13.8 Å². The van der Waals surface area contributed by atoms with Crippen LogP contribution in [0.4, 0.5) is 18.9 Å². The molecule has 168 valence electrons. The third-order valence-electron chi connectivity index (χ3n) is 4.98. The normalized spacial score (nSPS) is 11.2. The first-order valence-electron chi connectivity index (χ1n) is 10.1. The molecule has 0 aliphatic heterocycles. The Hall–Kier alpha value is -3.48. The van der Waals surface area contributed by atoms with Gasteiger partial charge in [-0.1, -0.05) is 18.2 Å². The number of carbonyl (C=O) groups is 1. The number of hydrogen-bond acceptors (Lipinski definition) is 3. The third kappa shape index (κ3) is 5.60. The van der Waals surface area contributed by atoms with Crippen molar-refractivity contribution in [2.45, 2.75) is 33.6 Å². The molecule has 0 aromatic heterocycles. The van der Waals surface area contributed by atoms with E-state index in [-0.39, 0.29) is 17.9 Å². The molecule has 0 fully saturated rings. The second-order valence-electron chi connectivity index (χ2n) is 7.29. The standard InChI is InChI=1S/C25H24F3NO3/c1-4-31-23-12-10-18(14-19(23)15-32-20-11-9-16(2)17(3)13-20)24(30)29-22-8-6-5-7-21(22)25(26,27)28/h5-14H,4,15H2,1-3H3,(H,29,30). The SMILES string of the molecule is CCOc1ccc(C(=O)Nc2ccccc2C(F)(F)F)cc1COc1ccc(C)c(C)c1. The molecule has 0 saturated heterocycles. The van der Waals surface area contributed by atoms with Crippen LogP contribution in [0.1, 0.15) is 39.5 Å². The van der Waals surface area contributed by atoms with E-state index in [4.69, 9.17) is 9.47 Å². The molecular formula is C25H24F3NO3. The minimum absolute atomic E-state index is 0.137. The number of aryl methyl sites for hydroxylation is 2. The van der Waals surface area contributed by atoms with Crippen molar-refractivity contribution in [3.05, 3.63) is 88.5 Å². The minimum atomic E-state index is -4.58. The molecule has 0 bridgehead atoms. The third-order valence-corrected chi connectivity index (χ3v) is 4.98. The fourth-order valence-corrected chi connectivity index (χ4v) is 3.13. The van der Waals surface area contributed by atoms with Crippen molar-refractivity contribution in [3.8, 4) is 11.5 Å². The highest BCUT2D eigenvalue weighted by Gasteiger charge is 2.33. The Labute approximate surface area is 185 Å². The fourth-order valence-electron chi connectivity index (χ4n) is 3.13. The smallest absolute Gasteiger partial charge is 0.418 e. The summed E-state index contributed by atoms with van der Waals surface area (Å²) in [6.45, 7) is 6.38. The quantitative estimate of drug-likeness (QED) is 0.450. The molecule has 7 heteroatoms. The van der Waals surface area contributed by atoms with Gasteiger partial charge in [-0.25, -0.2) is 0 Å². The molecule has 0 aliphatic rings. The molecular weight excluding hydrogens is 419 g/mol. The van der Waals surface area contributed by atoms with Gasteiger partial charge in [-0.2, -0.15) is 13.2 Å². The number of hydrogen-bond donors (Lipinski definition) is 1. The highest BCUT2D eigenvalue weighted by atomic mass is 19.4. The maximum absolute atomic E-state index is 13.2. The van der Waals surface area contributed by atoms with Crippen LogP contribution in [0.15, 0.2) is 60.7 Å². The average Bonchev–Trinajstić information content (AvgIpc) is 2.75. The van der Waals surface area contributed by atoms with Gasteiger partial charge in [0, 0.05) is 11.1 Å². The first kappa shape index (κ1) is 23.2. The highest BCUT2D eigenvalue weighted by molar-refractivity contribution is 6.05. The van der Waals surface area contributed by atoms with Crippen LogP contribution < -0.4 is 14.8 Å². The summed E-state index contributed by atoms with van der Waals surface area (Å²) in [6, 6.07) is 15.3. The number of ether oxygens (including phenoxy) is 2. The van der Waals surface area contributed by atoms with Crippen LogP contribution in [0.3, 0.4) is 0 Å². The van der Waals surface area contributed by atoms with E-state index in [0.29, 0.717) is 23.7 Å². The lowest BCUT2D eigenvalue weighted by Gasteiger charge is -2.15. The van der Waals surface area contributed by atoms with Crippen LogP contribution in [0.5, 0.6) is 11.5 Å². The number of carbonyl (C=O) groups excluding carboxylic acids is 1. The van der Waals surface area contributed by atoms with Gasteiger partial charge < -0.3 is 14.8 Å². The van der Waals surface area contributed by atoms with Gasteiger partial charge in [-0.3, -0.25) is 4.79 Å². The van der Waals surface area contributed by atoms with Crippen molar-refractivity contribution in [2.24, 2.45) is 0 Å². The summed E-state index contributed by atoms with van der Waals surface area (Å²) in [4.78, 5) is 12.7. The first-order chi connectivity index (χ1) is 15.2. The van der Waals surface area contributed by atoms with Crippen LogP contribution in [-0.2, 0) is 12.8 Å². The molecule has 3 aromatic rings. The Morgan fingerprint density at radius 3 is 2.38 bits per heavy atom. The van der Waals surface area contributed by atoms with E-state index in [9.17, 15) is 18.0 Å². The van der Waals surface area contributed by atoms with Gasteiger partial charge in [0.15, 0.2) is 0 Å². The van der Waals surface area contributed by atoms with E-state index in [1.165, 1.54) is 24.3 Å². The molecule has 0 radical (unpaired) electrons. The van der Waals surface area contributed by atoms with Crippen molar-refractivity contribution in [1.29, 1.82) is 0 Å². The Balaban J connectivity index is 1.83. The molecule has 0 spiro atoms. The van der Waals surface area contributed by atoms with Crippen molar-refractivity contribution in [1.82, 2.24) is 0 Å². The lowest BCUT2D eigenvalue weighted by molar-refractivity contribution is -0.136. The molecule has 0 atom stereocenters. The second-order valence-corrected chi connectivity index (χ2v) is 7.29. The first-order valence-corrected chi connectivity index (χ1v) is 10.1. The molecule has 3 rings (SSSR count).